The van der Waals surface area contributed by atoms with E-state index in [4.69, 9.17) is 14.1 Å². The molecular weight excluding hydrogens is 608 g/mol. The van der Waals surface area contributed by atoms with Crippen molar-refractivity contribution in [1.29, 1.82) is 0 Å². The van der Waals surface area contributed by atoms with Crippen molar-refractivity contribution in [2.24, 2.45) is 18.9 Å². The number of hydrogen-bond acceptors (Lipinski definition) is 10. The number of likely N-dealkylation sites (tertiary alicyclic amines) is 1. The summed E-state index contributed by atoms with van der Waals surface area (Å²) in [4.78, 5) is 26.4. The van der Waals surface area contributed by atoms with Crippen LogP contribution in [-0.2, 0) is 11.8 Å². The lowest BCUT2D eigenvalue weighted by Crippen LogP contribution is -2.31. The van der Waals surface area contributed by atoms with Gasteiger partial charge in [0, 0.05) is 68.2 Å². The van der Waals surface area contributed by atoms with Gasteiger partial charge in [-0.05, 0) is 37.1 Å². The van der Waals surface area contributed by atoms with Gasteiger partial charge in [-0.2, -0.15) is 8.78 Å². The third kappa shape index (κ3) is 5.43. The molecule has 0 radical (unpaired) electrons. The second-order valence-electron chi connectivity index (χ2n) is 11.9. The second-order valence-corrected chi connectivity index (χ2v) is 11.9. The van der Waals surface area contributed by atoms with Gasteiger partial charge in [0.1, 0.15) is 5.75 Å². The highest BCUT2D eigenvalue weighted by Crippen LogP contribution is 2.51. The summed E-state index contributed by atoms with van der Waals surface area (Å²) in [6.45, 7) is 5.68. The first-order valence-electron chi connectivity index (χ1n) is 15.0. The Hall–Kier alpha value is -5.37. The van der Waals surface area contributed by atoms with E-state index < -0.39 is 12.3 Å². The third-order valence-electron chi connectivity index (χ3n) is 8.96. The van der Waals surface area contributed by atoms with Gasteiger partial charge in [0.15, 0.2) is 0 Å². The van der Waals surface area contributed by atoms with Crippen LogP contribution in [0.1, 0.15) is 12.3 Å². The van der Waals surface area contributed by atoms with Gasteiger partial charge in [-0.15, -0.1) is 10.2 Å². The van der Waals surface area contributed by atoms with Crippen LogP contribution in [-0.4, -0.2) is 75.9 Å². The summed E-state index contributed by atoms with van der Waals surface area (Å²) in [6, 6.07) is 11.8. The van der Waals surface area contributed by atoms with Gasteiger partial charge in [-0.25, -0.2) is 9.97 Å². The monoisotopic (exact) mass is 641 g/mol. The number of rotatable bonds is 10. The molecule has 0 spiro atoms. The van der Waals surface area contributed by atoms with Crippen molar-refractivity contribution >= 4 is 39.8 Å². The fourth-order valence-corrected chi connectivity index (χ4v) is 6.74. The van der Waals surface area contributed by atoms with Crippen molar-refractivity contribution in [3.05, 3.63) is 67.3 Å². The molecule has 47 heavy (non-hydrogen) atoms. The summed E-state index contributed by atoms with van der Waals surface area (Å²) < 4.78 is 39.8. The number of alkyl halides is 2. The van der Waals surface area contributed by atoms with Gasteiger partial charge < -0.3 is 34.2 Å². The van der Waals surface area contributed by atoms with Crippen LogP contribution in [0.25, 0.3) is 33.6 Å². The minimum Gasteiger partial charge on any atom is -0.494 e. The minimum absolute atomic E-state index is 0.134. The van der Waals surface area contributed by atoms with E-state index in [1.165, 1.54) is 12.3 Å². The maximum absolute atomic E-state index is 13.4. The summed E-state index contributed by atoms with van der Waals surface area (Å²) in [5, 5.41) is 14.4. The van der Waals surface area contributed by atoms with Crippen LogP contribution < -0.4 is 20.3 Å². The number of piperidine rings is 1. The molecule has 14 heteroatoms. The molecule has 3 aromatic heterocycles. The zero-order chi connectivity index (χ0) is 33.0. The zero-order valence-electron chi connectivity index (χ0n) is 26.2. The largest absolute Gasteiger partial charge is 0.494 e. The molecule has 12 nitrogen and oxygen atoms in total. The van der Waals surface area contributed by atoms with Gasteiger partial charge in [-0.3, -0.25) is 4.79 Å². The van der Waals surface area contributed by atoms with Crippen LogP contribution in [0.15, 0.2) is 65.9 Å². The van der Waals surface area contributed by atoms with E-state index in [0.29, 0.717) is 46.3 Å². The molecule has 2 unspecified atom stereocenters. The van der Waals surface area contributed by atoms with Crippen LogP contribution in [0.5, 0.6) is 5.75 Å². The molecule has 1 saturated heterocycles. The number of benzene rings is 2. The number of aryl methyl sites for hydroxylation is 1. The Morgan fingerprint density at radius 2 is 1.91 bits per heavy atom. The molecule has 0 bridgehead atoms. The van der Waals surface area contributed by atoms with Gasteiger partial charge >= 0.3 is 6.43 Å². The number of nitrogens with one attached hydrogen (secondary N) is 2. The number of aromatic nitrogens is 5. The second kappa shape index (κ2) is 11.8. The summed E-state index contributed by atoms with van der Waals surface area (Å²) >= 11 is 0. The highest BCUT2D eigenvalue weighted by molar-refractivity contribution is 6.02. The quantitative estimate of drug-likeness (QED) is 0.189. The number of amides is 1. The first-order valence-corrected chi connectivity index (χ1v) is 15.0. The van der Waals surface area contributed by atoms with E-state index in [-0.39, 0.29) is 23.3 Å². The number of ether oxygens (including phenoxy) is 1. The fraction of sp³-hybridized carbons (Fsp3) is 0.303. The van der Waals surface area contributed by atoms with Gasteiger partial charge in [-0.1, -0.05) is 24.8 Å². The third-order valence-corrected chi connectivity index (χ3v) is 8.96. The van der Waals surface area contributed by atoms with Crippen LogP contribution >= 0.6 is 0 Å². The Morgan fingerprint density at radius 1 is 1.15 bits per heavy atom. The van der Waals surface area contributed by atoms with E-state index in [9.17, 15) is 13.6 Å². The van der Waals surface area contributed by atoms with Crippen molar-refractivity contribution in [2.75, 3.05) is 49.8 Å². The van der Waals surface area contributed by atoms with E-state index in [2.05, 4.69) is 49.2 Å². The maximum Gasteiger partial charge on any atom is 0.314 e. The van der Waals surface area contributed by atoms with E-state index in [1.54, 1.807) is 13.2 Å². The molecule has 2 fully saturated rings. The Morgan fingerprint density at radius 3 is 2.62 bits per heavy atom. The van der Waals surface area contributed by atoms with E-state index >= 15 is 0 Å². The molecule has 2 aliphatic rings. The molecule has 2 N–H and O–H groups in total. The van der Waals surface area contributed by atoms with Crippen LogP contribution in [0, 0.1) is 11.8 Å². The molecule has 2 aromatic carbocycles. The van der Waals surface area contributed by atoms with Gasteiger partial charge in [0.2, 0.25) is 11.9 Å². The number of nitrogens with zero attached hydrogens (tertiary/aromatic N) is 7. The number of fused-ring (bicyclic) bond motifs is 2. The number of anilines is 4. The predicted molar refractivity (Wildman–Crippen MR) is 174 cm³/mol. The molecule has 242 valence electrons. The lowest BCUT2D eigenvalue weighted by atomic mass is 10.1. The van der Waals surface area contributed by atoms with Crippen LogP contribution in [0.3, 0.4) is 0 Å². The maximum atomic E-state index is 13.4. The summed E-state index contributed by atoms with van der Waals surface area (Å²) in [6.07, 6.45) is 1.64. The normalized spacial score (nSPS) is 18.7. The Bertz CT molecular complexity index is 2000. The first kappa shape index (κ1) is 30.3. The highest BCUT2D eigenvalue weighted by Gasteiger charge is 2.57. The average Bonchev–Trinajstić information content (AvgIpc) is 3.43. The zero-order valence-corrected chi connectivity index (χ0v) is 26.2. The smallest absolute Gasteiger partial charge is 0.314 e. The van der Waals surface area contributed by atoms with Crippen molar-refractivity contribution in [3.8, 4) is 28.5 Å². The van der Waals surface area contributed by atoms with E-state index in [1.807, 2.05) is 55.2 Å². The molecule has 7 rings (SSSR count). The molecular formula is C33H33F2N9O3. The lowest BCUT2D eigenvalue weighted by molar-refractivity contribution is -0.111. The topological polar surface area (TPSA) is 126 Å². The number of hydrogen-bond donors (Lipinski definition) is 2. The molecule has 2 atom stereocenters. The standard InChI is InChI=1S/C33H33F2N9O3/c1-6-27(45)37-22-11-23(26(46-5)12-25(22)44(4)29-20-14-42(2)15-21(20)29)38-33-36-13-18(31-40-41-32(47-31)30(34)35)28(39-33)19-16-43(3)24-10-8-7-9-17(19)24/h6-13,16,20-21,29-30H,1,14-15H2,2-5H3,(H,37,45)(H,36,38,39). The molecule has 4 heterocycles. The molecule has 1 aliphatic carbocycles. The molecule has 1 aliphatic heterocycles. The summed E-state index contributed by atoms with van der Waals surface area (Å²) in [7, 11) is 7.63. The summed E-state index contributed by atoms with van der Waals surface area (Å²) in [5.74, 6) is 0.531. The van der Waals surface area contributed by atoms with Gasteiger partial charge in [0.25, 0.3) is 11.8 Å². The average molecular weight is 642 g/mol. The van der Waals surface area contributed by atoms with Crippen molar-refractivity contribution < 1.29 is 22.7 Å². The van der Waals surface area contributed by atoms with Crippen LogP contribution in [0.4, 0.5) is 31.8 Å². The molecule has 1 amide bonds. The number of para-hydroxylation sites is 1. The van der Waals surface area contributed by atoms with Crippen molar-refractivity contribution in [1.82, 2.24) is 29.6 Å². The Kier molecular flexibility index (Phi) is 7.59. The van der Waals surface area contributed by atoms with Crippen molar-refractivity contribution in [3.63, 3.8) is 0 Å². The number of carbonyl (C=O) groups excluding carboxylic acids is 1. The van der Waals surface area contributed by atoms with Crippen LogP contribution in [0.2, 0.25) is 0 Å². The lowest BCUT2D eigenvalue weighted by Gasteiger charge is -2.27. The van der Waals surface area contributed by atoms with Crippen molar-refractivity contribution in [2.45, 2.75) is 12.5 Å². The Balaban J connectivity index is 1.30. The van der Waals surface area contributed by atoms with E-state index in [0.717, 1.165) is 29.7 Å². The first-order chi connectivity index (χ1) is 22.7. The molecule has 5 aromatic rings. The summed E-state index contributed by atoms with van der Waals surface area (Å²) in [5.41, 5.74) is 4.20. The number of methoxy groups -OCH3 is 1. The SMILES string of the molecule is C=CC(=O)Nc1cc(Nc2ncc(-c3nnc(C(F)F)o3)c(-c3cn(C)c4ccccc34)n2)c(OC)cc1N(C)C1C2CN(C)CC21. The number of carbonyl (C=O) groups is 1. The fourth-order valence-electron chi connectivity index (χ4n) is 6.74. The highest BCUT2D eigenvalue weighted by atomic mass is 19.3. The molecule has 1 saturated carbocycles. The Labute approximate surface area is 269 Å². The minimum atomic E-state index is -2.93. The number of halogens is 2. The van der Waals surface area contributed by atoms with Gasteiger partial charge in [0.05, 0.1) is 35.4 Å². The predicted octanol–water partition coefficient (Wildman–Crippen LogP) is 5.50.